The number of amides is 1. The van der Waals surface area contributed by atoms with E-state index in [0.717, 1.165) is 10.9 Å². The van der Waals surface area contributed by atoms with Crippen LogP contribution in [0.3, 0.4) is 0 Å². The molecule has 1 saturated carbocycles. The SMILES string of the molecule is CC1(C)CCCC1NC(=O)c1ccc(Br)cc1S. The molecule has 0 spiro atoms. The topological polar surface area (TPSA) is 29.1 Å². The molecule has 1 amide bonds. The molecule has 1 aromatic rings. The Morgan fingerprint density at radius 1 is 1.50 bits per heavy atom. The zero-order valence-electron chi connectivity index (χ0n) is 10.7. The van der Waals surface area contributed by atoms with Gasteiger partial charge in [0.1, 0.15) is 0 Å². The highest BCUT2D eigenvalue weighted by molar-refractivity contribution is 9.10. The molecule has 0 radical (unpaired) electrons. The predicted octanol–water partition coefficient (Wildman–Crippen LogP) is 4.05. The van der Waals surface area contributed by atoms with Crippen molar-refractivity contribution in [3.05, 3.63) is 28.2 Å². The van der Waals surface area contributed by atoms with Gasteiger partial charge in [0.15, 0.2) is 0 Å². The first-order valence-corrected chi connectivity index (χ1v) is 7.43. The lowest BCUT2D eigenvalue weighted by molar-refractivity contribution is 0.0907. The van der Waals surface area contributed by atoms with Crippen molar-refractivity contribution in [2.75, 3.05) is 0 Å². The third-order valence-electron chi connectivity index (χ3n) is 3.77. The van der Waals surface area contributed by atoms with E-state index in [9.17, 15) is 4.79 Å². The normalized spacial score (nSPS) is 21.9. The first-order valence-electron chi connectivity index (χ1n) is 6.19. The molecule has 0 aliphatic heterocycles. The Morgan fingerprint density at radius 2 is 2.22 bits per heavy atom. The third kappa shape index (κ3) is 2.91. The van der Waals surface area contributed by atoms with Gasteiger partial charge in [0, 0.05) is 15.4 Å². The van der Waals surface area contributed by atoms with Crippen molar-refractivity contribution in [3.63, 3.8) is 0 Å². The highest BCUT2D eigenvalue weighted by Gasteiger charge is 2.35. The second-order valence-electron chi connectivity index (χ2n) is 5.57. The minimum absolute atomic E-state index is 0.0209. The molecule has 1 aromatic carbocycles. The van der Waals surface area contributed by atoms with Gasteiger partial charge in [-0.2, -0.15) is 0 Å². The number of benzene rings is 1. The largest absolute Gasteiger partial charge is 0.349 e. The summed E-state index contributed by atoms with van der Waals surface area (Å²) in [5.74, 6) is -0.0209. The van der Waals surface area contributed by atoms with Crippen LogP contribution in [-0.4, -0.2) is 11.9 Å². The Hall–Kier alpha value is -0.480. The quantitative estimate of drug-likeness (QED) is 0.788. The van der Waals surface area contributed by atoms with Crippen molar-refractivity contribution in [1.82, 2.24) is 5.32 Å². The van der Waals surface area contributed by atoms with Crippen molar-refractivity contribution < 1.29 is 4.79 Å². The molecule has 1 unspecified atom stereocenters. The molecule has 0 bridgehead atoms. The number of hydrogen-bond acceptors (Lipinski definition) is 2. The minimum atomic E-state index is -0.0209. The van der Waals surface area contributed by atoms with Gasteiger partial charge in [0.2, 0.25) is 0 Å². The standard InChI is InChI=1S/C14H18BrNOS/c1-14(2)7-3-4-12(14)16-13(17)10-6-5-9(15)8-11(10)18/h5-6,8,12,18H,3-4,7H2,1-2H3,(H,16,17). The Kier molecular flexibility index (Phi) is 4.07. The average molecular weight is 328 g/mol. The van der Waals surface area contributed by atoms with Crippen molar-refractivity contribution >= 4 is 34.5 Å². The molecule has 0 saturated heterocycles. The van der Waals surface area contributed by atoms with Crippen molar-refractivity contribution in [3.8, 4) is 0 Å². The molecule has 0 aromatic heterocycles. The second kappa shape index (κ2) is 5.25. The number of hydrogen-bond donors (Lipinski definition) is 2. The summed E-state index contributed by atoms with van der Waals surface area (Å²) in [4.78, 5) is 13.0. The molecule has 1 N–H and O–H groups in total. The van der Waals surface area contributed by atoms with Gasteiger partial charge in [0.05, 0.1) is 5.56 Å². The molecule has 2 rings (SSSR count). The number of thiol groups is 1. The van der Waals surface area contributed by atoms with E-state index in [4.69, 9.17) is 0 Å². The van der Waals surface area contributed by atoms with Crippen LogP contribution in [0.4, 0.5) is 0 Å². The summed E-state index contributed by atoms with van der Waals surface area (Å²) in [6.45, 7) is 4.43. The lowest BCUT2D eigenvalue weighted by Gasteiger charge is -2.28. The Morgan fingerprint density at radius 3 is 2.78 bits per heavy atom. The molecule has 1 aliphatic rings. The molecule has 2 nitrogen and oxygen atoms in total. The van der Waals surface area contributed by atoms with E-state index in [1.165, 1.54) is 12.8 Å². The van der Waals surface area contributed by atoms with Crippen LogP contribution in [0.15, 0.2) is 27.6 Å². The molecular formula is C14H18BrNOS. The van der Waals surface area contributed by atoms with Crippen LogP contribution in [-0.2, 0) is 0 Å². The van der Waals surface area contributed by atoms with Gasteiger partial charge >= 0.3 is 0 Å². The summed E-state index contributed by atoms with van der Waals surface area (Å²) in [6.07, 6.45) is 3.43. The first kappa shape index (κ1) is 13.9. The van der Waals surface area contributed by atoms with E-state index in [-0.39, 0.29) is 17.4 Å². The lowest BCUT2D eigenvalue weighted by atomic mass is 9.87. The van der Waals surface area contributed by atoms with Crippen LogP contribution in [0.5, 0.6) is 0 Å². The molecule has 18 heavy (non-hydrogen) atoms. The number of carbonyl (C=O) groups is 1. The van der Waals surface area contributed by atoms with Crippen molar-refractivity contribution in [2.45, 2.75) is 44.0 Å². The van der Waals surface area contributed by atoms with E-state index in [1.54, 1.807) is 0 Å². The monoisotopic (exact) mass is 327 g/mol. The van der Waals surface area contributed by atoms with Gasteiger partial charge in [-0.15, -0.1) is 12.6 Å². The highest BCUT2D eigenvalue weighted by Crippen LogP contribution is 2.37. The smallest absolute Gasteiger partial charge is 0.252 e. The summed E-state index contributed by atoms with van der Waals surface area (Å²) >= 11 is 7.73. The predicted molar refractivity (Wildman–Crippen MR) is 80.3 cm³/mol. The van der Waals surface area contributed by atoms with Crippen LogP contribution in [0, 0.1) is 5.41 Å². The van der Waals surface area contributed by atoms with Crippen LogP contribution >= 0.6 is 28.6 Å². The van der Waals surface area contributed by atoms with Gasteiger partial charge in [-0.1, -0.05) is 36.2 Å². The van der Waals surface area contributed by atoms with E-state index in [1.807, 2.05) is 18.2 Å². The maximum absolute atomic E-state index is 12.2. The molecule has 98 valence electrons. The number of halogens is 1. The summed E-state index contributed by atoms with van der Waals surface area (Å²) in [7, 11) is 0. The van der Waals surface area contributed by atoms with Crippen LogP contribution in [0.25, 0.3) is 0 Å². The fourth-order valence-electron chi connectivity index (χ4n) is 2.53. The summed E-state index contributed by atoms with van der Waals surface area (Å²) < 4.78 is 0.935. The number of carbonyl (C=O) groups excluding carboxylic acids is 1. The molecule has 0 heterocycles. The van der Waals surface area contributed by atoms with Crippen molar-refractivity contribution in [2.24, 2.45) is 5.41 Å². The molecular weight excluding hydrogens is 310 g/mol. The van der Waals surface area contributed by atoms with E-state index in [2.05, 4.69) is 47.7 Å². The number of nitrogens with one attached hydrogen (secondary N) is 1. The van der Waals surface area contributed by atoms with E-state index in [0.29, 0.717) is 10.5 Å². The number of rotatable bonds is 2. The average Bonchev–Trinajstić information content (AvgIpc) is 2.58. The fraction of sp³-hybridized carbons (Fsp3) is 0.500. The Bertz CT molecular complexity index is 473. The molecule has 1 fully saturated rings. The van der Waals surface area contributed by atoms with Crippen LogP contribution in [0.1, 0.15) is 43.5 Å². The van der Waals surface area contributed by atoms with Gasteiger partial charge < -0.3 is 5.32 Å². The van der Waals surface area contributed by atoms with Crippen molar-refractivity contribution in [1.29, 1.82) is 0 Å². The summed E-state index contributed by atoms with van der Waals surface area (Å²) in [6, 6.07) is 5.79. The zero-order chi connectivity index (χ0) is 13.3. The third-order valence-corrected chi connectivity index (χ3v) is 4.63. The second-order valence-corrected chi connectivity index (χ2v) is 6.97. The Balaban J connectivity index is 2.13. The molecule has 1 aliphatic carbocycles. The summed E-state index contributed by atoms with van der Waals surface area (Å²) in [5, 5.41) is 3.14. The van der Waals surface area contributed by atoms with Gasteiger partial charge in [-0.3, -0.25) is 4.79 Å². The van der Waals surface area contributed by atoms with Gasteiger partial charge in [-0.25, -0.2) is 0 Å². The van der Waals surface area contributed by atoms with Crippen LogP contribution < -0.4 is 5.32 Å². The zero-order valence-corrected chi connectivity index (χ0v) is 13.1. The van der Waals surface area contributed by atoms with Gasteiger partial charge in [0.25, 0.3) is 5.91 Å². The van der Waals surface area contributed by atoms with E-state index < -0.39 is 0 Å². The first-order chi connectivity index (χ1) is 8.40. The Labute approximate surface area is 122 Å². The van der Waals surface area contributed by atoms with Gasteiger partial charge in [-0.05, 0) is 36.5 Å². The summed E-state index contributed by atoms with van der Waals surface area (Å²) in [5.41, 5.74) is 0.839. The van der Waals surface area contributed by atoms with E-state index >= 15 is 0 Å². The minimum Gasteiger partial charge on any atom is -0.349 e. The van der Waals surface area contributed by atoms with Crippen LogP contribution in [0.2, 0.25) is 0 Å². The highest BCUT2D eigenvalue weighted by atomic mass is 79.9. The molecule has 1 atom stereocenters. The molecule has 4 heteroatoms. The lowest BCUT2D eigenvalue weighted by Crippen LogP contribution is -2.41. The maximum atomic E-state index is 12.2. The maximum Gasteiger partial charge on any atom is 0.252 e. The fourth-order valence-corrected chi connectivity index (χ4v) is 3.38.